The van der Waals surface area contributed by atoms with E-state index in [1.54, 1.807) is 21.9 Å². The Hall–Kier alpha value is -1.63. The van der Waals surface area contributed by atoms with Crippen molar-refractivity contribution in [3.8, 4) is 0 Å². The highest BCUT2D eigenvalue weighted by molar-refractivity contribution is 9.10. The lowest BCUT2D eigenvalue weighted by atomic mass is 10.1. The average Bonchev–Trinajstić information content (AvgIpc) is 2.79. The molecule has 0 spiro atoms. The van der Waals surface area contributed by atoms with Crippen molar-refractivity contribution >= 4 is 27.9 Å². The quantitative estimate of drug-likeness (QED) is 0.840. The summed E-state index contributed by atoms with van der Waals surface area (Å²) in [7, 11) is 0. The van der Waals surface area contributed by atoms with E-state index in [4.69, 9.17) is 0 Å². The van der Waals surface area contributed by atoms with E-state index in [1.807, 2.05) is 0 Å². The van der Waals surface area contributed by atoms with Gasteiger partial charge in [-0.05, 0) is 28.1 Å². The van der Waals surface area contributed by atoms with Crippen LogP contribution in [-0.4, -0.2) is 54.0 Å². The van der Waals surface area contributed by atoms with Crippen molar-refractivity contribution in [1.82, 2.24) is 15.1 Å². The first-order valence-corrected chi connectivity index (χ1v) is 7.15. The highest BCUT2D eigenvalue weighted by Gasteiger charge is 2.37. The predicted octanol–water partition coefficient (Wildman–Crippen LogP) is 1.44. The fraction of sp³-hybridized carbons (Fsp3) is 0.385. The lowest BCUT2D eigenvalue weighted by molar-refractivity contribution is 0.0611. The van der Waals surface area contributed by atoms with E-state index in [9.17, 15) is 14.0 Å². The second-order valence-corrected chi connectivity index (χ2v) is 5.74. The third kappa shape index (κ3) is 2.15. The molecule has 1 atom stereocenters. The van der Waals surface area contributed by atoms with Crippen molar-refractivity contribution in [3.05, 3.63) is 34.1 Å². The Kier molecular flexibility index (Phi) is 3.37. The van der Waals surface area contributed by atoms with E-state index in [0.29, 0.717) is 30.7 Å². The van der Waals surface area contributed by atoms with Crippen LogP contribution in [0.2, 0.25) is 0 Å². The Labute approximate surface area is 123 Å². The molecule has 0 aliphatic carbocycles. The second-order valence-electron chi connectivity index (χ2n) is 4.88. The molecule has 1 N–H and O–H groups in total. The van der Waals surface area contributed by atoms with Crippen LogP contribution in [0.15, 0.2) is 22.7 Å². The first-order chi connectivity index (χ1) is 9.58. The first-order valence-electron chi connectivity index (χ1n) is 6.35. The molecular weight excluding hydrogens is 329 g/mol. The van der Waals surface area contributed by atoms with Gasteiger partial charge in [-0.2, -0.15) is 0 Å². The molecule has 2 fully saturated rings. The van der Waals surface area contributed by atoms with Crippen molar-refractivity contribution in [2.24, 2.45) is 0 Å². The molecule has 2 aliphatic rings. The van der Waals surface area contributed by atoms with E-state index in [0.717, 1.165) is 0 Å². The molecule has 20 heavy (non-hydrogen) atoms. The lowest BCUT2D eigenvalue weighted by Crippen LogP contribution is -2.53. The fourth-order valence-electron chi connectivity index (χ4n) is 2.65. The Morgan fingerprint density at radius 2 is 2.20 bits per heavy atom. The molecule has 7 heteroatoms. The van der Waals surface area contributed by atoms with Crippen LogP contribution in [0.4, 0.5) is 9.18 Å². The van der Waals surface area contributed by atoms with Gasteiger partial charge in [0.2, 0.25) is 0 Å². The number of nitrogens with zero attached hydrogens (tertiary/aromatic N) is 2. The van der Waals surface area contributed by atoms with Gasteiger partial charge in [-0.3, -0.25) is 4.79 Å². The monoisotopic (exact) mass is 341 g/mol. The summed E-state index contributed by atoms with van der Waals surface area (Å²) in [5.74, 6) is -0.874. The van der Waals surface area contributed by atoms with Crippen molar-refractivity contribution < 1.29 is 14.0 Å². The largest absolute Gasteiger partial charge is 0.336 e. The normalized spacial score (nSPS) is 21.7. The molecule has 5 nitrogen and oxygen atoms in total. The van der Waals surface area contributed by atoms with Gasteiger partial charge in [-0.1, -0.05) is 6.07 Å². The van der Waals surface area contributed by atoms with Gasteiger partial charge >= 0.3 is 6.03 Å². The lowest BCUT2D eigenvalue weighted by Gasteiger charge is -2.36. The van der Waals surface area contributed by atoms with Gasteiger partial charge in [-0.25, -0.2) is 9.18 Å². The number of urea groups is 1. The van der Waals surface area contributed by atoms with Gasteiger partial charge in [0.15, 0.2) is 0 Å². The Morgan fingerprint density at radius 1 is 1.40 bits per heavy atom. The molecule has 0 radical (unpaired) electrons. The third-order valence-electron chi connectivity index (χ3n) is 3.70. The Bertz CT molecular complexity index is 560. The minimum Gasteiger partial charge on any atom is -0.336 e. The number of piperazine rings is 1. The molecule has 0 saturated carbocycles. The molecule has 2 aliphatic heterocycles. The van der Waals surface area contributed by atoms with Crippen LogP contribution in [0.1, 0.15) is 10.4 Å². The van der Waals surface area contributed by atoms with Crippen molar-refractivity contribution in [3.63, 3.8) is 0 Å². The second kappa shape index (κ2) is 5.05. The number of nitrogens with one attached hydrogen (secondary N) is 1. The van der Waals surface area contributed by atoms with Crippen molar-refractivity contribution in [2.45, 2.75) is 6.04 Å². The number of benzene rings is 1. The van der Waals surface area contributed by atoms with E-state index >= 15 is 0 Å². The van der Waals surface area contributed by atoms with E-state index in [1.165, 1.54) is 6.07 Å². The number of carbonyl (C=O) groups is 2. The smallest absolute Gasteiger partial charge is 0.317 e. The number of hydrogen-bond donors (Lipinski definition) is 1. The van der Waals surface area contributed by atoms with E-state index in [2.05, 4.69) is 21.2 Å². The summed E-state index contributed by atoms with van der Waals surface area (Å²) in [6.07, 6.45) is 0. The summed E-state index contributed by atoms with van der Waals surface area (Å²) in [6, 6.07) is 4.36. The zero-order chi connectivity index (χ0) is 14.3. The van der Waals surface area contributed by atoms with Gasteiger partial charge in [0.05, 0.1) is 11.6 Å². The van der Waals surface area contributed by atoms with E-state index in [-0.39, 0.29) is 23.5 Å². The highest BCUT2D eigenvalue weighted by Crippen LogP contribution is 2.23. The summed E-state index contributed by atoms with van der Waals surface area (Å²) in [5, 5.41) is 2.75. The molecule has 1 aromatic rings. The molecule has 3 amide bonds. The number of fused-ring (bicyclic) bond motifs is 1. The molecule has 2 heterocycles. The number of rotatable bonds is 1. The Morgan fingerprint density at radius 3 is 2.95 bits per heavy atom. The van der Waals surface area contributed by atoms with Crippen LogP contribution in [0, 0.1) is 5.82 Å². The van der Waals surface area contributed by atoms with Gasteiger partial charge in [-0.15, -0.1) is 0 Å². The Balaban J connectivity index is 1.80. The summed E-state index contributed by atoms with van der Waals surface area (Å²) in [5.41, 5.74) is 0.0539. The molecule has 3 rings (SSSR count). The fourth-order valence-corrected chi connectivity index (χ4v) is 3.16. The van der Waals surface area contributed by atoms with Gasteiger partial charge in [0.25, 0.3) is 5.91 Å². The summed E-state index contributed by atoms with van der Waals surface area (Å²) >= 11 is 3.22. The standard InChI is InChI=1S/C13H13BrFN3O2/c14-9-2-1-3-10(15)11(9)12(19)17-4-5-18-8(7-17)6-16-13(18)20/h1-3,8H,4-7H2,(H,16,20). The SMILES string of the molecule is O=C(c1c(F)cccc1Br)N1CCN2C(=O)NCC2C1. The van der Waals surface area contributed by atoms with Crippen LogP contribution >= 0.6 is 15.9 Å². The zero-order valence-electron chi connectivity index (χ0n) is 10.6. The number of carbonyl (C=O) groups excluding carboxylic acids is 2. The predicted molar refractivity (Wildman–Crippen MR) is 73.9 cm³/mol. The minimum atomic E-state index is -0.535. The molecule has 0 aromatic heterocycles. The van der Waals surface area contributed by atoms with Crippen LogP contribution < -0.4 is 5.32 Å². The van der Waals surface area contributed by atoms with E-state index < -0.39 is 5.82 Å². The van der Waals surface area contributed by atoms with Gasteiger partial charge in [0.1, 0.15) is 5.82 Å². The molecule has 1 aromatic carbocycles. The molecular formula is C13H13BrFN3O2. The average molecular weight is 342 g/mol. The van der Waals surface area contributed by atoms with Gasteiger partial charge in [0, 0.05) is 30.7 Å². The third-order valence-corrected chi connectivity index (χ3v) is 4.36. The molecule has 2 saturated heterocycles. The maximum absolute atomic E-state index is 13.8. The molecule has 106 valence electrons. The summed E-state index contributed by atoms with van der Waals surface area (Å²) in [4.78, 5) is 27.3. The zero-order valence-corrected chi connectivity index (χ0v) is 12.2. The first kappa shape index (κ1) is 13.4. The van der Waals surface area contributed by atoms with Crippen molar-refractivity contribution in [2.75, 3.05) is 26.2 Å². The summed E-state index contributed by atoms with van der Waals surface area (Å²) in [6.45, 7) is 1.86. The van der Waals surface area contributed by atoms with Crippen LogP contribution in [-0.2, 0) is 0 Å². The van der Waals surface area contributed by atoms with Crippen LogP contribution in [0.5, 0.6) is 0 Å². The summed E-state index contributed by atoms with van der Waals surface area (Å²) < 4.78 is 14.3. The number of amides is 3. The maximum Gasteiger partial charge on any atom is 0.317 e. The maximum atomic E-state index is 13.8. The molecule has 1 unspecified atom stereocenters. The van der Waals surface area contributed by atoms with Crippen molar-refractivity contribution in [1.29, 1.82) is 0 Å². The minimum absolute atomic E-state index is 0.0225. The number of halogens is 2. The highest BCUT2D eigenvalue weighted by atomic mass is 79.9. The van der Waals surface area contributed by atoms with Crippen LogP contribution in [0.3, 0.4) is 0 Å². The van der Waals surface area contributed by atoms with Crippen LogP contribution in [0.25, 0.3) is 0 Å². The topological polar surface area (TPSA) is 52.7 Å². The van der Waals surface area contributed by atoms with Gasteiger partial charge < -0.3 is 15.1 Å². The molecule has 0 bridgehead atoms. The number of hydrogen-bond acceptors (Lipinski definition) is 2.